The number of imidazole rings is 1. The first kappa shape index (κ1) is 16.9. The molecule has 4 rings (SSSR count). The predicted molar refractivity (Wildman–Crippen MR) is 104 cm³/mol. The summed E-state index contributed by atoms with van der Waals surface area (Å²) in [7, 11) is 0. The Labute approximate surface area is 155 Å². The molecule has 0 unspecified atom stereocenters. The molecule has 9 heteroatoms. The number of amidine groups is 1. The van der Waals surface area contributed by atoms with Crippen LogP contribution in [0.3, 0.4) is 0 Å². The summed E-state index contributed by atoms with van der Waals surface area (Å²) in [6, 6.07) is 1.74. The number of anilines is 1. The predicted octanol–water partition coefficient (Wildman–Crippen LogP) is 1.80. The molecule has 1 amide bonds. The van der Waals surface area contributed by atoms with Gasteiger partial charge in [-0.2, -0.15) is 0 Å². The van der Waals surface area contributed by atoms with E-state index in [1.54, 1.807) is 24.0 Å². The summed E-state index contributed by atoms with van der Waals surface area (Å²) in [5.41, 5.74) is 8.94. The van der Waals surface area contributed by atoms with E-state index in [0.717, 1.165) is 31.1 Å². The fourth-order valence-electron chi connectivity index (χ4n) is 3.20. The second kappa shape index (κ2) is 6.99. The van der Waals surface area contributed by atoms with Crippen LogP contribution < -0.4 is 11.1 Å². The largest absolute Gasteiger partial charge is 0.369 e. The number of carbonyl (C=O) groups is 1. The maximum Gasteiger partial charge on any atom is 0.252 e. The number of rotatable bonds is 5. The molecule has 8 nitrogen and oxygen atoms in total. The van der Waals surface area contributed by atoms with Crippen LogP contribution >= 0.6 is 11.8 Å². The van der Waals surface area contributed by atoms with Gasteiger partial charge in [-0.3, -0.25) is 14.4 Å². The van der Waals surface area contributed by atoms with Gasteiger partial charge in [0.05, 0.1) is 5.56 Å². The first-order valence-electron chi connectivity index (χ1n) is 8.75. The van der Waals surface area contributed by atoms with Crippen LogP contribution in [0.5, 0.6) is 0 Å². The molecule has 4 heterocycles. The van der Waals surface area contributed by atoms with Crippen LogP contribution in [0.1, 0.15) is 30.1 Å². The molecule has 0 spiro atoms. The van der Waals surface area contributed by atoms with Crippen LogP contribution in [0.2, 0.25) is 0 Å². The SMILES string of the molecule is CCn1c(N)nc2cc(C(=O)NCCC3=CSC4=NCCCN34)cnc21. The number of hydrogen-bond acceptors (Lipinski definition) is 7. The number of hydrogen-bond donors (Lipinski definition) is 2. The van der Waals surface area contributed by atoms with Gasteiger partial charge in [0.1, 0.15) is 5.52 Å². The fourth-order valence-corrected chi connectivity index (χ4v) is 4.19. The average molecular weight is 371 g/mol. The maximum absolute atomic E-state index is 12.4. The zero-order valence-electron chi connectivity index (χ0n) is 14.6. The van der Waals surface area contributed by atoms with Gasteiger partial charge in [0, 0.05) is 44.5 Å². The van der Waals surface area contributed by atoms with Crippen molar-refractivity contribution < 1.29 is 4.79 Å². The number of fused-ring (bicyclic) bond motifs is 2. The zero-order valence-corrected chi connectivity index (χ0v) is 15.4. The first-order valence-corrected chi connectivity index (χ1v) is 9.63. The maximum atomic E-state index is 12.4. The van der Waals surface area contributed by atoms with Crippen LogP contribution in [0.25, 0.3) is 11.2 Å². The number of carbonyl (C=O) groups excluding carboxylic acids is 1. The van der Waals surface area contributed by atoms with E-state index in [2.05, 4.69) is 30.6 Å². The lowest BCUT2D eigenvalue weighted by Crippen LogP contribution is -2.32. The molecule has 2 aliphatic rings. The van der Waals surface area contributed by atoms with Crippen molar-refractivity contribution in [3.05, 3.63) is 28.9 Å². The number of pyridine rings is 1. The van der Waals surface area contributed by atoms with E-state index < -0.39 is 0 Å². The van der Waals surface area contributed by atoms with Crippen LogP contribution in [0, 0.1) is 0 Å². The Kier molecular flexibility index (Phi) is 4.54. The average Bonchev–Trinajstić information content (AvgIpc) is 3.21. The van der Waals surface area contributed by atoms with E-state index in [4.69, 9.17) is 5.73 Å². The standard InChI is InChI=1S/C17H21N7OS/c1-2-23-14-13(22-16(23)18)8-11(9-21-14)15(25)19-6-4-12-10-26-17-20-5-3-7-24(12)17/h8-10H,2-7H2,1H3,(H2,18,22)(H,19,25). The van der Waals surface area contributed by atoms with Gasteiger partial charge in [-0.1, -0.05) is 11.8 Å². The summed E-state index contributed by atoms with van der Waals surface area (Å²) in [5, 5.41) is 6.17. The van der Waals surface area contributed by atoms with E-state index in [0.29, 0.717) is 35.8 Å². The van der Waals surface area contributed by atoms with Crippen LogP contribution in [-0.2, 0) is 6.54 Å². The van der Waals surface area contributed by atoms with Crippen molar-refractivity contribution in [2.75, 3.05) is 25.4 Å². The topological polar surface area (TPSA) is 101 Å². The second-order valence-electron chi connectivity index (χ2n) is 6.18. The Morgan fingerprint density at radius 2 is 2.35 bits per heavy atom. The number of nitrogens with zero attached hydrogens (tertiary/aromatic N) is 5. The number of aryl methyl sites for hydroxylation is 1. The van der Waals surface area contributed by atoms with Crippen molar-refractivity contribution in [3.8, 4) is 0 Å². The fraction of sp³-hybridized carbons (Fsp3) is 0.412. The lowest BCUT2D eigenvalue weighted by Gasteiger charge is -2.25. The highest BCUT2D eigenvalue weighted by Gasteiger charge is 2.24. The van der Waals surface area contributed by atoms with Gasteiger partial charge in [0.2, 0.25) is 5.95 Å². The van der Waals surface area contributed by atoms with Crippen molar-refractivity contribution >= 4 is 39.9 Å². The Morgan fingerprint density at radius 1 is 1.46 bits per heavy atom. The highest BCUT2D eigenvalue weighted by Crippen LogP contribution is 2.30. The molecule has 0 fully saturated rings. The number of aliphatic imine (C=N–C) groups is 1. The molecule has 0 saturated heterocycles. The molecule has 0 aromatic carbocycles. The van der Waals surface area contributed by atoms with Gasteiger partial charge in [0.15, 0.2) is 10.8 Å². The smallest absolute Gasteiger partial charge is 0.252 e. The highest BCUT2D eigenvalue weighted by molar-refractivity contribution is 8.16. The van der Waals surface area contributed by atoms with Crippen LogP contribution in [0.4, 0.5) is 5.95 Å². The van der Waals surface area contributed by atoms with Gasteiger partial charge >= 0.3 is 0 Å². The third kappa shape index (κ3) is 3.03. The normalized spacial score (nSPS) is 16.4. The van der Waals surface area contributed by atoms with E-state index >= 15 is 0 Å². The van der Waals surface area contributed by atoms with Gasteiger partial charge in [-0.15, -0.1) is 0 Å². The van der Waals surface area contributed by atoms with E-state index in [1.165, 1.54) is 5.70 Å². The molecule has 26 heavy (non-hydrogen) atoms. The Morgan fingerprint density at radius 3 is 3.19 bits per heavy atom. The van der Waals surface area contributed by atoms with Gasteiger partial charge in [-0.05, 0) is 24.8 Å². The van der Waals surface area contributed by atoms with Crippen LogP contribution in [-0.4, -0.2) is 50.1 Å². The molecular weight excluding hydrogens is 350 g/mol. The molecule has 136 valence electrons. The molecule has 2 aromatic rings. The van der Waals surface area contributed by atoms with Crippen molar-refractivity contribution in [1.29, 1.82) is 0 Å². The Balaban J connectivity index is 1.39. The third-order valence-corrected chi connectivity index (χ3v) is 5.47. The molecule has 2 aliphatic heterocycles. The summed E-state index contributed by atoms with van der Waals surface area (Å²) in [5.74, 6) is 0.264. The Bertz CT molecular complexity index is 917. The zero-order chi connectivity index (χ0) is 18.1. The Hall–Kier alpha value is -2.55. The molecule has 2 aromatic heterocycles. The molecule has 0 radical (unpaired) electrons. The van der Waals surface area contributed by atoms with E-state index in [-0.39, 0.29) is 5.91 Å². The quantitative estimate of drug-likeness (QED) is 0.831. The second-order valence-corrected chi connectivity index (χ2v) is 7.02. The number of nitrogens with two attached hydrogens (primary N) is 1. The number of nitrogens with one attached hydrogen (secondary N) is 1. The summed E-state index contributed by atoms with van der Waals surface area (Å²) in [6.07, 6.45) is 3.43. The number of thioether (sulfide) groups is 1. The molecular formula is C17H21N7OS. The minimum atomic E-state index is -0.150. The van der Waals surface area contributed by atoms with Gasteiger partial charge < -0.3 is 16.0 Å². The van der Waals surface area contributed by atoms with Crippen molar-refractivity contribution in [1.82, 2.24) is 24.8 Å². The lowest BCUT2D eigenvalue weighted by molar-refractivity contribution is 0.0953. The van der Waals surface area contributed by atoms with Crippen molar-refractivity contribution in [2.45, 2.75) is 26.3 Å². The third-order valence-electron chi connectivity index (χ3n) is 4.52. The van der Waals surface area contributed by atoms with E-state index in [9.17, 15) is 4.79 Å². The van der Waals surface area contributed by atoms with Crippen molar-refractivity contribution in [3.63, 3.8) is 0 Å². The number of nitrogen functional groups attached to an aromatic ring is 1. The number of amides is 1. The molecule has 3 N–H and O–H groups in total. The molecule has 0 saturated carbocycles. The highest BCUT2D eigenvalue weighted by atomic mass is 32.2. The lowest BCUT2D eigenvalue weighted by atomic mass is 10.2. The summed E-state index contributed by atoms with van der Waals surface area (Å²) in [6.45, 7) is 5.15. The van der Waals surface area contributed by atoms with Gasteiger partial charge in [-0.25, -0.2) is 9.97 Å². The minimum absolute atomic E-state index is 0.150. The minimum Gasteiger partial charge on any atom is -0.369 e. The molecule has 0 bridgehead atoms. The summed E-state index contributed by atoms with van der Waals surface area (Å²) >= 11 is 1.67. The van der Waals surface area contributed by atoms with E-state index in [1.807, 2.05) is 11.5 Å². The summed E-state index contributed by atoms with van der Waals surface area (Å²) < 4.78 is 1.82. The first-order chi connectivity index (χ1) is 12.7. The summed E-state index contributed by atoms with van der Waals surface area (Å²) in [4.78, 5) is 27.8. The van der Waals surface area contributed by atoms with Crippen molar-refractivity contribution in [2.24, 2.45) is 4.99 Å². The molecule has 0 atom stereocenters. The number of aromatic nitrogens is 3. The van der Waals surface area contributed by atoms with Crippen LogP contribution in [0.15, 0.2) is 28.4 Å². The monoisotopic (exact) mass is 371 g/mol. The van der Waals surface area contributed by atoms with Gasteiger partial charge in [0.25, 0.3) is 5.91 Å². The molecule has 0 aliphatic carbocycles.